The summed E-state index contributed by atoms with van der Waals surface area (Å²) in [6.07, 6.45) is -1.44. The fourth-order valence-electron chi connectivity index (χ4n) is 3.58. The lowest BCUT2D eigenvalue weighted by molar-refractivity contribution is -0.138. The van der Waals surface area contributed by atoms with Crippen LogP contribution in [-0.2, 0) is 22.3 Å². The molecule has 0 saturated heterocycles. The van der Waals surface area contributed by atoms with Crippen molar-refractivity contribution in [1.29, 1.82) is 0 Å². The van der Waals surface area contributed by atoms with Gasteiger partial charge in [0, 0.05) is 18.1 Å². The van der Waals surface area contributed by atoms with Gasteiger partial charge >= 0.3 is 6.18 Å². The van der Waals surface area contributed by atoms with E-state index in [0.29, 0.717) is 23.5 Å². The Morgan fingerprint density at radius 2 is 1.76 bits per heavy atom. The van der Waals surface area contributed by atoms with E-state index in [4.69, 9.17) is 4.74 Å². The van der Waals surface area contributed by atoms with Crippen molar-refractivity contribution in [2.75, 3.05) is 11.9 Å². The molecule has 4 rings (SSSR count). The van der Waals surface area contributed by atoms with Crippen molar-refractivity contribution in [1.82, 2.24) is 9.88 Å². The molecule has 6 nitrogen and oxygen atoms in total. The number of aromatic nitrogens is 1. The number of halogens is 3. The Hall–Kier alpha value is -4.14. The van der Waals surface area contributed by atoms with E-state index in [2.05, 4.69) is 10.3 Å². The summed E-state index contributed by atoms with van der Waals surface area (Å²) in [4.78, 5) is 31.7. The van der Waals surface area contributed by atoms with E-state index in [9.17, 15) is 22.8 Å². The number of carbonyl (C=O) groups excluding carboxylic acids is 2. The highest BCUT2D eigenvalue weighted by Gasteiger charge is 2.39. The van der Waals surface area contributed by atoms with Crippen molar-refractivity contribution in [2.45, 2.75) is 19.6 Å². The molecule has 1 N–H and O–H groups in total. The highest BCUT2D eigenvalue weighted by atomic mass is 19.4. The molecule has 9 heteroatoms. The Kier molecular flexibility index (Phi) is 6.36. The van der Waals surface area contributed by atoms with E-state index in [0.717, 1.165) is 17.0 Å². The number of nitrogens with zero attached hydrogens (tertiary/aromatic N) is 2. The summed E-state index contributed by atoms with van der Waals surface area (Å²) >= 11 is 0. The molecule has 1 aliphatic rings. The van der Waals surface area contributed by atoms with Crippen molar-refractivity contribution in [3.63, 3.8) is 0 Å². The van der Waals surface area contributed by atoms with Crippen molar-refractivity contribution < 1.29 is 27.5 Å². The summed E-state index contributed by atoms with van der Waals surface area (Å²) in [6.45, 7) is 2.27. The lowest BCUT2D eigenvalue weighted by atomic mass is 10.0. The highest BCUT2D eigenvalue weighted by Crippen LogP contribution is 2.34. The number of rotatable bonds is 7. The predicted molar refractivity (Wildman–Crippen MR) is 119 cm³/mol. The SMILES string of the molecule is CCOc1ccc(C2=C(Nc3cccc(C(F)(F)F)c3)C(=O)N(Cc3cccnc3)C2=O)cc1. The van der Waals surface area contributed by atoms with Crippen molar-refractivity contribution >= 4 is 23.1 Å². The van der Waals surface area contributed by atoms with Crippen LogP contribution in [0.3, 0.4) is 0 Å². The molecule has 3 aromatic rings. The van der Waals surface area contributed by atoms with E-state index in [1.807, 2.05) is 6.92 Å². The number of carbonyl (C=O) groups is 2. The molecule has 0 radical (unpaired) electrons. The van der Waals surface area contributed by atoms with Gasteiger partial charge in [0.15, 0.2) is 0 Å². The Labute approximate surface area is 193 Å². The molecule has 0 atom stereocenters. The number of nitrogens with one attached hydrogen (secondary N) is 1. The minimum atomic E-state index is -4.55. The second-order valence-corrected chi connectivity index (χ2v) is 7.47. The third kappa shape index (κ3) is 4.78. The Bertz CT molecular complexity index is 1240. The topological polar surface area (TPSA) is 71.5 Å². The molecule has 2 heterocycles. The van der Waals surface area contributed by atoms with E-state index < -0.39 is 23.6 Å². The van der Waals surface area contributed by atoms with Crippen LogP contribution in [0.5, 0.6) is 5.75 Å². The fraction of sp³-hybridized carbons (Fsp3) is 0.160. The maximum absolute atomic E-state index is 13.3. The van der Waals surface area contributed by atoms with Crippen LogP contribution in [0.1, 0.15) is 23.6 Å². The third-order valence-corrected chi connectivity index (χ3v) is 5.14. The number of alkyl halides is 3. The van der Waals surface area contributed by atoms with Crippen LogP contribution in [0, 0.1) is 0 Å². The Morgan fingerprint density at radius 1 is 1.00 bits per heavy atom. The van der Waals surface area contributed by atoms with Gasteiger partial charge < -0.3 is 10.1 Å². The molecule has 1 aromatic heterocycles. The van der Waals surface area contributed by atoms with E-state index in [-0.39, 0.29) is 23.5 Å². The smallest absolute Gasteiger partial charge is 0.416 e. The molecule has 2 aromatic carbocycles. The van der Waals surface area contributed by atoms with E-state index in [1.165, 1.54) is 18.3 Å². The Morgan fingerprint density at radius 3 is 2.41 bits per heavy atom. The van der Waals surface area contributed by atoms with E-state index >= 15 is 0 Å². The third-order valence-electron chi connectivity index (χ3n) is 5.14. The van der Waals surface area contributed by atoms with Crippen molar-refractivity contribution in [3.05, 3.63) is 95.4 Å². The van der Waals surface area contributed by atoms with Crippen LogP contribution in [0.25, 0.3) is 5.57 Å². The largest absolute Gasteiger partial charge is 0.494 e. The second-order valence-electron chi connectivity index (χ2n) is 7.47. The minimum Gasteiger partial charge on any atom is -0.494 e. The van der Waals surface area contributed by atoms with Gasteiger partial charge in [-0.05, 0) is 54.4 Å². The van der Waals surface area contributed by atoms with Gasteiger partial charge in [-0.1, -0.05) is 24.3 Å². The van der Waals surface area contributed by atoms with Crippen LogP contribution in [0.15, 0.2) is 78.8 Å². The average molecular weight is 467 g/mol. The predicted octanol–water partition coefficient (Wildman–Crippen LogP) is 4.89. The van der Waals surface area contributed by atoms with Gasteiger partial charge in [-0.25, -0.2) is 0 Å². The van der Waals surface area contributed by atoms with Gasteiger partial charge in [0.1, 0.15) is 11.4 Å². The van der Waals surface area contributed by atoms with Gasteiger partial charge in [-0.15, -0.1) is 0 Å². The Balaban J connectivity index is 1.74. The monoisotopic (exact) mass is 467 g/mol. The quantitative estimate of drug-likeness (QED) is 0.501. The molecule has 34 heavy (non-hydrogen) atoms. The molecule has 0 fully saturated rings. The summed E-state index contributed by atoms with van der Waals surface area (Å²) in [7, 11) is 0. The number of imide groups is 1. The second kappa shape index (κ2) is 9.38. The molecular formula is C25H20F3N3O3. The molecule has 0 unspecified atom stereocenters. The highest BCUT2D eigenvalue weighted by molar-refractivity contribution is 6.36. The first-order chi connectivity index (χ1) is 16.3. The van der Waals surface area contributed by atoms with Gasteiger partial charge in [0.2, 0.25) is 0 Å². The summed E-state index contributed by atoms with van der Waals surface area (Å²) in [6, 6.07) is 14.5. The molecule has 0 bridgehead atoms. The average Bonchev–Trinajstić information content (AvgIpc) is 3.04. The summed E-state index contributed by atoms with van der Waals surface area (Å²) in [5.41, 5.74) is 0.203. The van der Waals surface area contributed by atoms with Crippen molar-refractivity contribution in [3.8, 4) is 5.75 Å². The number of hydrogen-bond acceptors (Lipinski definition) is 5. The molecule has 2 amide bonds. The zero-order valence-corrected chi connectivity index (χ0v) is 18.1. The lowest BCUT2D eigenvalue weighted by Crippen LogP contribution is -2.32. The normalized spacial score (nSPS) is 14.1. The van der Waals surface area contributed by atoms with Crippen LogP contribution < -0.4 is 10.1 Å². The summed E-state index contributed by atoms with van der Waals surface area (Å²) < 4.78 is 45.0. The van der Waals surface area contributed by atoms with E-state index in [1.54, 1.807) is 42.6 Å². The number of pyridine rings is 1. The molecule has 0 aliphatic carbocycles. The summed E-state index contributed by atoms with van der Waals surface area (Å²) in [5.74, 6) is -0.620. The zero-order valence-electron chi connectivity index (χ0n) is 18.1. The van der Waals surface area contributed by atoms with Crippen LogP contribution >= 0.6 is 0 Å². The number of benzene rings is 2. The van der Waals surface area contributed by atoms with Crippen LogP contribution in [0.4, 0.5) is 18.9 Å². The van der Waals surface area contributed by atoms with Crippen molar-refractivity contribution in [2.24, 2.45) is 0 Å². The molecular weight excluding hydrogens is 447 g/mol. The first kappa shape index (κ1) is 23.0. The first-order valence-corrected chi connectivity index (χ1v) is 10.4. The lowest BCUT2D eigenvalue weighted by Gasteiger charge is -2.15. The number of ether oxygens (including phenoxy) is 1. The van der Waals surface area contributed by atoms with Crippen LogP contribution in [0.2, 0.25) is 0 Å². The number of anilines is 1. The number of amides is 2. The maximum atomic E-state index is 13.3. The molecule has 174 valence electrons. The van der Waals surface area contributed by atoms with Gasteiger partial charge in [-0.2, -0.15) is 13.2 Å². The summed E-state index contributed by atoms with van der Waals surface area (Å²) in [5, 5.41) is 2.76. The van der Waals surface area contributed by atoms with Gasteiger partial charge in [-0.3, -0.25) is 19.5 Å². The fourth-order valence-corrected chi connectivity index (χ4v) is 3.58. The molecule has 1 aliphatic heterocycles. The maximum Gasteiger partial charge on any atom is 0.416 e. The molecule has 0 spiro atoms. The minimum absolute atomic E-state index is 0.0280. The number of hydrogen-bond donors (Lipinski definition) is 1. The van der Waals surface area contributed by atoms with Crippen LogP contribution in [-0.4, -0.2) is 28.3 Å². The molecule has 0 saturated carbocycles. The zero-order chi connectivity index (χ0) is 24.3. The van der Waals surface area contributed by atoms with Gasteiger partial charge in [0.25, 0.3) is 11.8 Å². The standard InChI is InChI=1S/C25H20F3N3O3/c1-2-34-20-10-8-17(9-11-20)21-22(30-19-7-3-6-18(13-19)25(26,27)28)24(33)31(23(21)32)15-16-5-4-12-29-14-16/h3-14,30H,2,15H2,1H3. The van der Waals surface area contributed by atoms with Gasteiger partial charge in [0.05, 0.1) is 24.3 Å². The first-order valence-electron chi connectivity index (χ1n) is 10.4.